The van der Waals surface area contributed by atoms with Gasteiger partial charge in [-0.05, 0) is 18.2 Å². The third-order valence-corrected chi connectivity index (χ3v) is 6.39. The van der Waals surface area contributed by atoms with Crippen LogP contribution >= 0.6 is 0 Å². The standard InChI is InChI=1S/C21H23N5O7S/c1-26-19(32-5)11-18(23-26)22-13-10-16-12(9-17(13)31-4)21(24-33-16)25-34(27,28)20-14(29-2)7-6-8-15(20)30-3/h6-11H,1-5H3,(H,22,23)(H,24,25). The van der Waals surface area contributed by atoms with Crippen LogP contribution in [0.5, 0.6) is 23.1 Å². The maximum atomic E-state index is 13.2. The number of nitrogens with zero attached hydrogens (tertiary/aromatic N) is 3. The second-order valence-corrected chi connectivity index (χ2v) is 8.62. The summed E-state index contributed by atoms with van der Waals surface area (Å²) in [4.78, 5) is -0.162. The quantitative estimate of drug-likeness (QED) is 0.360. The predicted molar refractivity (Wildman–Crippen MR) is 124 cm³/mol. The van der Waals surface area contributed by atoms with Crippen LogP contribution in [0.1, 0.15) is 0 Å². The summed E-state index contributed by atoms with van der Waals surface area (Å²) in [5, 5.41) is 11.7. The first-order chi connectivity index (χ1) is 16.3. The number of nitrogens with one attached hydrogen (secondary N) is 2. The van der Waals surface area contributed by atoms with Gasteiger partial charge in [0.05, 0.1) is 39.5 Å². The molecule has 2 heterocycles. The van der Waals surface area contributed by atoms with Crippen molar-refractivity contribution < 1.29 is 31.9 Å². The zero-order valence-corrected chi connectivity index (χ0v) is 19.9. The van der Waals surface area contributed by atoms with E-state index in [9.17, 15) is 8.42 Å². The monoisotopic (exact) mass is 489 g/mol. The van der Waals surface area contributed by atoms with Gasteiger partial charge in [-0.15, -0.1) is 0 Å². The molecule has 0 bridgehead atoms. The molecule has 0 atom stereocenters. The van der Waals surface area contributed by atoms with Gasteiger partial charge in [0.2, 0.25) is 5.88 Å². The third-order valence-electron chi connectivity index (χ3n) is 4.98. The Labute approximate surface area is 195 Å². The van der Waals surface area contributed by atoms with Crippen molar-refractivity contribution in [3.05, 3.63) is 36.4 Å². The fourth-order valence-corrected chi connectivity index (χ4v) is 4.74. The van der Waals surface area contributed by atoms with Gasteiger partial charge in [-0.2, -0.15) is 5.10 Å². The van der Waals surface area contributed by atoms with Crippen molar-refractivity contribution >= 4 is 38.3 Å². The molecule has 0 saturated heterocycles. The van der Waals surface area contributed by atoms with Crippen molar-refractivity contribution in [2.45, 2.75) is 4.90 Å². The van der Waals surface area contributed by atoms with E-state index in [0.29, 0.717) is 34.1 Å². The second kappa shape index (κ2) is 9.02. The Balaban J connectivity index is 1.72. The highest BCUT2D eigenvalue weighted by atomic mass is 32.2. The molecule has 2 aromatic carbocycles. The summed E-state index contributed by atoms with van der Waals surface area (Å²) in [6.45, 7) is 0. The Morgan fingerprint density at radius 2 is 1.62 bits per heavy atom. The first-order valence-electron chi connectivity index (χ1n) is 9.87. The SMILES string of the molecule is COc1cc2c(NS(=O)(=O)c3c(OC)cccc3OC)noc2cc1Nc1cc(OC)n(C)n1. The zero-order valence-electron chi connectivity index (χ0n) is 19.1. The average Bonchev–Trinajstić information content (AvgIpc) is 3.39. The molecule has 0 unspecified atom stereocenters. The molecule has 0 aliphatic rings. The molecule has 0 amide bonds. The molecule has 0 fully saturated rings. The summed E-state index contributed by atoms with van der Waals surface area (Å²) in [5.41, 5.74) is 0.851. The second-order valence-electron chi connectivity index (χ2n) is 7.00. The molecule has 0 aliphatic heterocycles. The Kier molecular flexibility index (Phi) is 6.11. The molecule has 0 aliphatic carbocycles. The lowest BCUT2D eigenvalue weighted by Crippen LogP contribution is -2.15. The van der Waals surface area contributed by atoms with Gasteiger partial charge in [0.15, 0.2) is 22.1 Å². The number of anilines is 3. The van der Waals surface area contributed by atoms with Crippen LogP contribution in [0.3, 0.4) is 0 Å². The van der Waals surface area contributed by atoms with Crippen LogP contribution in [0.15, 0.2) is 45.8 Å². The lowest BCUT2D eigenvalue weighted by Gasteiger charge is -2.14. The van der Waals surface area contributed by atoms with E-state index in [0.717, 1.165) is 0 Å². The summed E-state index contributed by atoms with van der Waals surface area (Å²) in [6, 6.07) is 9.61. The predicted octanol–water partition coefficient (Wildman–Crippen LogP) is 3.14. The molecule has 0 saturated carbocycles. The van der Waals surface area contributed by atoms with Gasteiger partial charge in [-0.1, -0.05) is 11.2 Å². The van der Waals surface area contributed by atoms with Gasteiger partial charge in [-0.3, -0.25) is 4.72 Å². The molecular formula is C21H23N5O7S. The van der Waals surface area contributed by atoms with Gasteiger partial charge in [0, 0.05) is 19.2 Å². The van der Waals surface area contributed by atoms with Crippen molar-refractivity contribution in [2.24, 2.45) is 7.05 Å². The fourth-order valence-electron chi connectivity index (χ4n) is 3.41. The van der Waals surface area contributed by atoms with Gasteiger partial charge >= 0.3 is 0 Å². The van der Waals surface area contributed by atoms with E-state index in [1.165, 1.54) is 33.5 Å². The van der Waals surface area contributed by atoms with E-state index < -0.39 is 10.0 Å². The number of ether oxygens (including phenoxy) is 4. The molecule has 0 spiro atoms. The Bertz CT molecular complexity index is 1420. The number of benzene rings is 2. The van der Waals surface area contributed by atoms with Crippen LogP contribution in [0.2, 0.25) is 0 Å². The number of sulfonamides is 1. The lowest BCUT2D eigenvalue weighted by molar-refractivity contribution is 0.373. The molecule has 4 aromatic rings. The summed E-state index contributed by atoms with van der Waals surface area (Å²) in [7, 11) is 3.37. The van der Waals surface area contributed by atoms with E-state index >= 15 is 0 Å². The van der Waals surface area contributed by atoms with E-state index in [-0.39, 0.29) is 22.2 Å². The average molecular weight is 490 g/mol. The zero-order chi connectivity index (χ0) is 24.5. The molecule has 180 valence electrons. The maximum Gasteiger partial charge on any atom is 0.270 e. The van der Waals surface area contributed by atoms with E-state index in [4.69, 9.17) is 23.5 Å². The minimum absolute atomic E-state index is 0.0210. The van der Waals surface area contributed by atoms with Gasteiger partial charge < -0.3 is 28.8 Å². The van der Waals surface area contributed by atoms with Crippen molar-refractivity contribution in [3.8, 4) is 23.1 Å². The summed E-state index contributed by atoms with van der Waals surface area (Å²) < 4.78 is 57.0. The number of fused-ring (bicyclic) bond motifs is 1. The van der Waals surface area contributed by atoms with Crippen LogP contribution in [0, 0.1) is 0 Å². The Morgan fingerprint density at radius 1 is 0.941 bits per heavy atom. The van der Waals surface area contributed by atoms with Crippen LogP contribution in [-0.4, -0.2) is 51.8 Å². The molecule has 34 heavy (non-hydrogen) atoms. The number of aromatic nitrogens is 3. The largest absolute Gasteiger partial charge is 0.495 e. The highest BCUT2D eigenvalue weighted by Crippen LogP contribution is 2.38. The highest BCUT2D eigenvalue weighted by molar-refractivity contribution is 7.93. The fraction of sp³-hybridized carbons (Fsp3) is 0.238. The van der Waals surface area contributed by atoms with Crippen LogP contribution in [0.25, 0.3) is 11.0 Å². The van der Waals surface area contributed by atoms with Crippen molar-refractivity contribution in [1.82, 2.24) is 14.9 Å². The number of hydrogen-bond acceptors (Lipinski definition) is 10. The van der Waals surface area contributed by atoms with Crippen LogP contribution < -0.4 is 29.0 Å². The normalized spacial score (nSPS) is 11.3. The van der Waals surface area contributed by atoms with Crippen LogP contribution in [0.4, 0.5) is 17.3 Å². The molecule has 2 aromatic heterocycles. The smallest absolute Gasteiger partial charge is 0.270 e. The number of rotatable bonds is 9. The molecular weight excluding hydrogens is 466 g/mol. The molecule has 0 radical (unpaired) electrons. The topological polar surface area (TPSA) is 139 Å². The van der Waals surface area contributed by atoms with Crippen molar-refractivity contribution in [1.29, 1.82) is 0 Å². The highest BCUT2D eigenvalue weighted by Gasteiger charge is 2.27. The molecule has 12 nitrogen and oxygen atoms in total. The molecule has 4 rings (SSSR count). The van der Waals surface area contributed by atoms with E-state index in [1.54, 1.807) is 43.1 Å². The minimum Gasteiger partial charge on any atom is -0.495 e. The lowest BCUT2D eigenvalue weighted by atomic mass is 10.2. The first-order valence-corrected chi connectivity index (χ1v) is 11.4. The number of aryl methyl sites for hydroxylation is 1. The van der Waals surface area contributed by atoms with Crippen molar-refractivity contribution in [2.75, 3.05) is 38.5 Å². The van der Waals surface area contributed by atoms with Gasteiger partial charge in [-0.25, -0.2) is 13.1 Å². The minimum atomic E-state index is -4.15. The van der Waals surface area contributed by atoms with E-state index in [1.807, 2.05) is 0 Å². The Hall–Kier alpha value is -4.13. The third kappa shape index (κ3) is 4.12. The number of methoxy groups -OCH3 is 4. The maximum absolute atomic E-state index is 13.2. The number of hydrogen-bond donors (Lipinski definition) is 2. The van der Waals surface area contributed by atoms with Gasteiger partial charge in [0.1, 0.15) is 17.2 Å². The van der Waals surface area contributed by atoms with E-state index in [2.05, 4.69) is 20.3 Å². The van der Waals surface area contributed by atoms with Crippen molar-refractivity contribution in [3.63, 3.8) is 0 Å². The summed E-state index contributed by atoms with van der Waals surface area (Å²) in [6.07, 6.45) is 0. The van der Waals surface area contributed by atoms with Gasteiger partial charge in [0.25, 0.3) is 10.0 Å². The summed E-state index contributed by atoms with van der Waals surface area (Å²) in [5.74, 6) is 1.71. The molecule has 2 N–H and O–H groups in total. The van der Waals surface area contributed by atoms with Crippen LogP contribution in [-0.2, 0) is 17.1 Å². The first kappa shape index (κ1) is 23.0. The summed E-state index contributed by atoms with van der Waals surface area (Å²) >= 11 is 0. The molecule has 13 heteroatoms. The Morgan fingerprint density at radius 3 is 2.21 bits per heavy atom.